The van der Waals surface area contributed by atoms with Gasteiger partial charge in [0.15, 0.2) is 5.82 Å². The second-order valence-corrected chi connectivity index (χ2v) is 6.03. The fraction of sp³-hybridized carbons (Fsp3) is 0.467. The largest absolute Gasteiger partial charge is 0.393 e. The van der Waals surface area contributed by atoms with Crippen LogP contribution < -0.4 is 0 Å². The van der Waals surface area contributed by atoms with Crippen LogP contribution in [-0.4, -0.2) is 39.3 Å². The van der Waals surface area contributed by atoms with E-state index in [4.69, 9.17) is 16.1 Å². The standard InChI is InChI=1S/C15H18ClN3O2/c1-10-8-19(7-6-13(10)20)9-14-17-15(21-18-14)11-2-4-12(16)5-3-11/h2-5,10,13,20H,6-9H2,1H3. The van der Waals surface area contributed by atoms with Gasteiger partial charge in [-0.1, -0.05) is 23.7 Å². The lowest BCUT2D eigenvalue weighted by Crippen LogP contribution is -2.41. The van der Waals surface area contributed by atoms with Crippen molar-refractivity contribution >= 4 is 11.6 Å². The summed E-state index contributed by atoms with van der Waals surface area (Å²) in [5.41, 5.74) is 0.862. The topological polar surface area (TPSA) is 62.4 Å². The Hall–Kier alpha value is -1.43. The van der Waals surface area contributed by atoms with E-state index < -0.39 is 0 Å². The van der Waals surface area contributed by atoms with Crippen LogP contribution in [0, 0.1) is 5.92 Å². The zero-order chi connectivity index (χ0) is 14.8. The Bertz CT molecular complexity index is 599. The number of hydrogen-bond acceptors (Lipinski definition) is 5. The number of piperidine rings is 1. The van der Waals surface area contributed by atoms with Gasteiger partial charge in [0.25, 0.3) is 5.89 Å². The third kappa shape index (κ3) is 3.43. The lowest BCUT2D eigenvalue weighted by Gasteiger charge is -2.33. The first-order valence-electron chi connectivity index (χ1n) is 7.11. The summed E-state index contributed by atoms with van der Waals surface area (Å²) in [5.74, 6) is 1.46. The molecule has 1 aromatic carbocycles. The Morgan fingerprint density at radius 2 is 2.14 bits per heavy atom. The van der Waals surface area contributed by atoms with Gasteiger partial charge in [0.05, 0.1) is 12.6 Å². The molecular weight excluding hydrogens is 290 g/mol. The number of aromatic nitrogens is 2. The van der Waals surface area contributed by atoms with Gasteiger partial charge in [-0.25, -0.2) is 0 Å². The number of hydrogen-bond donors (Lipinski definition) is 1. The van der Waals surface area contributed by atoms with E-state index in [-0.39, 0.29) is 12.0 Å². The summed E-state index contributed by atoms with van der Waals surface area (Å²) in [7, 11) is 0. The van der Waals surface area contributed by atoms with Crippen LogP contribution in [0.4, 0.5) is 0 Å². The lowest BCUT2D eigenvalue weighted by molar-refractivity contribution is 0.0308. The highest BCUT2D eigenvalue weighted by atomic mass is 35.5. The number of benzene rings is 1. The first-order valence-corrected chi connectivity index (χ1v) is 7.48. The molecule has 1 saturated heterocycles. The number of aliphatic hydroxyl groups is 1. The van der Waals surface area contributed by atoms with Crippen molar-refractivity contribution in [2.75, 3.05) is 13.1 Å². The zero-order valence-corrected chi connectivity index (χ0v) is 12.6. The van der Waals surface area contributed by atoms with Gasteiger partial charge in [-0.05, 0) is 36.6 Å². The van der Waals surface area contributed by atoms with E-state index in [1.807, 2.05) is 12.1 Å². The van der Waals surface area contributed by atoms with Crippen LogP contribution >= 0.6 is 11.6 Å². The maximum Gasteiger partial charge on any atom is 0.257 e. The van der Waals surface area contributed by atoms with Crippen LogP contribution in [0.3, 0.4) is 0 Å². The molecule has 0 spiro atoms. The molecule has 1 fully saturated rings. The fourth-order valence-electron chi connectivity index (χ4n) is 2.59. The Morgan fingerprint density at radius 3 is 2.86 bits per heavy atom. The van der Waals surface area contributed by atoms with Gasteiger partial charge >= 0.3 is 0 Å². The monoisotopic (exact) mass is 307 g/mol. The van der Waals surface area contributed by atoms with Crippen LogP contribution in [0.25, 0.3) is 11.5 Å². The van der Waals surface area contributed by atoms with Gasteiger partial charge in [-0.3, -0.25) is 4.90 Å². The van der Waals surface area contributed by atoms with Gasteiger partial charge in [-0.15, -0.1) is 0 Å². The summed E-state index contributed by atoms with van der Waals surface area (Å²) >= 11 is 5.86. The van der Waals surface area contributed by atoms with Gasteiger partial charge < -0.3 is 9.63 Å². The van der Waals surface area contributed by atoms with Crippen LogP contribution in [0.5, 0.6) is 0 Å². The second kappa shape index (κ2) is 6.13. The Labute approximate surface area is 128 Å². The van der Waals surface area contributed by atoms with Crippen molar-refractivity contribution < 1.29 is 9.63 Å². The second-order valence-electron chi connectivity index (χ2n) is 5.59. The van der Waals surface area contributed by atoms with Crippen LogP contribution in [0.1, 0.15) is 19.2 Å². The minimum absolute atomic E-state index is 0.198. The summed E-state index contributed by atoms with van der Waals surface area (Å²) in [6, 6.07) is 7.32. The summed E-state index contributed by atoms with van der Waals surface area (Å²) in [4.78, 5) is 6.67. The van der Waals surface area contributed by atoms with Crippen LogP contribution in [0.2, 0.25) is 5.02 Å². The molecule has 3 rings (SSSR count). The van der Waals surface area contributed by atoms with Gasteiger partial charge in [-0.2, -0.15) is 4.98 Å². The van der Waals surface area contributed by atoms with Crippen molar-refractivity contribution in [3.63, 3.8) is 0 Å². The highest BCUT2D eigenvalue weighted by Gasteiger charge is 2.25. The molecule has 0 amide bonds. The maximum absolute atomic E-state index is 9.75. The van der Waals surface area contributed by atoms with Crippen molar-refractivity contribution in [2.45, 2.75) is 26.0 Å². The van der Waals surface area contributed by atoms with E-state index in [0.29, 0.717) is 23.3 Å². The molecule has 2 heterocycles. The molecule has 0 aliphatic carbocycles. The van der Waals surface area contributed by atoms with E-state index in [2.05, 4.69) is 22.0 Å². The number of rotatable bonds is 3. The molecule has 2 unspecified atom stereocenters. The summed E-state index contributed by atoms with van der Waals surface area (Å²) in [6.07, 6.45) is 0.597. The fourth-order valence-corrected chi connectivity index (χ4v) is 2.72. The molecule has 5 nitrogen and oxygen atoms in total. The minimum atomic E-state index is -0.198. The molecule has 21 heavy (non-hydrogen) atoms. The van der Waals surface area contributed by atoms with E-state index >= 15 is 0 Å². The Kier molecular flexibility index (Phi) is 4.24. The van der Waals surface area contributed by atoms with Gasteiger partial charge in [0, 0.05) is 23.7 Å². The summed E-state index contributed by atoms with van der Waals surface area (Å²) in [5, 5.41) is 14.5. The van der Waals surface area contributed by atoms with E-state index in [1.54, 1.807) is 12.1 Å². The number of halogens is 1. The molecule has 2 aromatic rings. The predicted molar refractivity (Wildman–Crippen MR) is 79.8 cm³/mol. The first kappa shape index (κ1) is 14.5. The third-order valence-electron chi connectivity index (χ3n) is 3.87. The van der Waals surface area contributed by atoms with Crippen molar-refractivity contribution in [2.24, 2.45) is 5.92 Å². The average molecular weight is 308 g/mol. The molecular formula is C15H18ClN3O2. The third-order valence-corrected chi connectivity index (χ3v) is 4.12. The highest BCUT2D eigenvalue weighted by molar-refractivity contribution is 6.30. The lowest BCUT2D eigenvalue weighted by atomic mass is 9.97. The number of aliphatic hydroxyl groups excluding tert-OH is 1. The molecule has 6 heteroatoms. The van der Waals surface area contributed by atoms with Crippen LogP contribution in [0.15, 0.2) is 28.8 Å². The van der Waals surface area contributed by atoms with Crippen molar-refractivity contribution in [1.29, 1.82) is 0 Å². The van der Waals surface area contributed by atoms with E-state index in [0.717, 1.165) is 25.1 Å². The van der Waals surface area contributed by atoms with Gasteiger partial charge in [0.2, 0.25) is 0 Å². The smallest absolute Gasteiger partial charge is 0.257 e. The maximum atomic E-state index is 9.75. The molecule has 0 bridgehead atoms. The number of nitrogens with zero attached hydrogens (tertiary/aromatic N) is 3. The summed E-state index contributed by atoms with van der Waals surface area (Å²) < 4.78 is 5.30. The molecule has 2 atom stereocenters. The predicted octanol–water partition coefficient (Wildman–Crippen LogP) is 2.59. The SMILES string of the molecule is CC1CN(Cc2noc(-c3ccc(Cl)cc3)n2)CCC1O. The number of likely N-dealkylation sites (tertiary alicyclic amines) is 1. The quantitative estimate of drug-likeness (QED) is 0.944. The van der Waals surface area contributed by atoms with Crippen molar-refractivity contribution in [3.05, 3.63) is 35.1 Å². The molecule has 1 N–H and O–H groups in total. The highest BCUT2D eigenvalue weighted by Crippen LogP contribution is 2.21. The first-order chi connectivity index (χ1) is 10.1. The van der Waals surface area contributed by atoms with Crippen molar-refractivity contribution in [1.82, 2.24) is 15.0 Å². The normalized spacial score (nSPS) is 23.4. The zero-order valence-electron chi connectivity index (χ0n) is 11.9. The minimum Gasteiger partial charge on any atom is -0.393 e. The Balaban J connectivity index is 1.66. The molecule has 0 saturated carbocycles. The molecule has 1 aliphatic rings. The molecule has 112 valence electrons. The molecule has 1 aliphatic heterocycles. The molecule has 1 aromatic heterocycles. The van der Waals surface area contributed by atoms with E-state index in [1.165, 1.54) is 0 Å². The molecule has 0 radical (unpaired) electrons. The van der Waals surface area contributed by atoms with Crippen LogP contribution in [-0.2, 0) is 6.54 Å². The Morgan fingerprint density at radius 1 is 1.38 bits per heavy atom. The van der Waals surface area contributed by atoms with E-state index in [9.17, 15) is 5.11 Å². The summed E-state index contributed by atoms with van der Waals surface area (Å²) in [6.45, 7) is 4.42. The van der Waals surface area contributed by atoms with Gasteiger partial charge in [0.1, 0.15) is 0 Å². The average Bonchev–Trinajstić information content (AvgIpc) is 2.92. The van der Waals surface area contributed by atoms with Crippen molar-refractivity contribution in [3.8, 4) is 11.5 Å².